The highest BCUT2D eigenvalue weighted by Crippen LogP contribution is 2.28. The van der Waals surface area contributed by atoms with Gasteiger partial charge in [-0.05, 0) is 28.8 Å². The largest absolute Gasteiger partial charge is 0.367 e. The number of nitrogens with one attached hydrogen (secondary N) is 2. The van der Waals surface area contributed by atoms with Gasteiger partial charge >= 0.3 is 0 Å². The molecule has 8 heteroatoms. The molecule has 0 radical (unpaired) electrons. The van der Waals surface area contributed by atoms with Gasteiger partial charge in [-0.25, -0.2) is 4.98 Å². The maximum absolute atomic E-state index is 11.4. The minimum Gasteiger partial charge on any atom is -0.367 e. The molecular formula is C11H13BrN4O3. The first-order valence-electron chi connectivity index (χ1n) is 5.89. The number of nitro groups is 1. The smallest absolute Gasteiger partial charge is 0.288 e. The van der Waals surface area contributed by atoms with E-state index in [1.165, 1.54) is 12.3 Å². The molecule has 1 saturated carbocycles. The Morgan fingerprint density at radius 3 is 2.84 bits per heavy atom. The zero-order valence-corrected chi connectivity index (χ0v) is 11.6. The van der Waals surface area contributed by atoms with Crippen LogP contribution in [0.5, 0.6) is 0 Å². The summed E-state index contributed by atoms with van der Waals surface area (Å²) in [5.41, 5.74) is -0.0699. The maximum Gasteiger partial charge on any atom is 0.288 e. The Hall–Kier alpha value is -1.70. The molecule has 1 aromatic rings. The molecule has 1 aromatic heterocycles. The molecule has 0 aliphatic heterocycles. The number of amides is 1. The van der Waals surface area contributed by atoms with E-state index in [1.54, 1.807) is 0 Å². The summed E-state index contributed by atoms with van der Waals surface area (Å²) in [6.45, 7) is 1.02. The summed E-state index contributed by atoms with van der Waals surface area (Å²) in [4.78, 5) is 25.4. The van der Waals surface area contributed by atoms with Crippen molar-refractivity contribution in [2.45, 2.75) is 12.8 Å². The van der Waals surface area contributed by atoms with Crippen LogP contribution >= 0.6 is 15.9 Å². The number of nitrogens with zero attached hydrogens (tertiary/aromatic N) is 2. The van der Waals surface area contributed by atoms with Crippen LogP contribution in [-0.4, -0.2) is 28.9 Å². The van der Waals surface area contributed by atoms with Crippen molar-refractivity contribution in [3.8, 4) is 0 Å². The van der Waals surface area contributed by atoms with Crippen molar-refractivity contribution < 1.29 is 9.72 Å². The second kappa shape index (κ2) is 5.96. The summed E-state index contributed by atoms with van der Waals surface area (Å²) in [6.07, 6.45) is 3.15. The fraction of sp³-hybridized carbons (Fsp3) is 0.455. The molecule has 0 atom stereocenters. The number of hydrogen-bond acceptors (Lipinski definition) is 5. The third-order valence-corrected chi connectivity index (χ3v) is 3.31. The normalized spacial score (nSPS) is 13.9. The Kier molecular flexibility index (Phi) is 4.31. The molecule has 1 heterocycles. The van der Waals surface area contributed by atoms with Crippen LogP contribution in [0.2, 0.25) is 0 Å². The monoisotopic (exact) mass is 328 g/mol. The maximum atomic E-state index is 11.4. The quantitative estimate of drug-likeness (QED) is 0.470. The minimum absolute atomic E-state index is 0.0699. The molecule has 7 nitrogen and oxygen atoms in total. The molecule has 1 amide bonds. The van der Waals surface area contributed by atoms with E-state index in [2.05, 4.69) is 31.5 Å². The first kappa shape index (κ1) is 13.7. The fourth-order valence-corrected chi connectivity index (χ4v) is 1.99. The van der Waals surface area contributed by atoms with Crippen molar-refractivity contribution in [1.82, 2.24) is 10.3 Å². The molecule has 2 N–H and O–H groups in total. The Balaban J connectivity index is 1.79. The molecule has 102 valence electrons. The highest BCUT2D eigenvalue weighted by atomic mass is 79.9. The van der Waals surface area contributed by atoms with E-state index in [1.807, 2.05) is 0 Å². The highest BCUT2D eigenvalue weighted by molar-refractivity contribution is 9.10. The Bertz CT molecular complexity index is 505. The molecule has 0 unspecified atom stereocenters. The van der Waals surface area contributed by atoms with Gasteiger partial charge < -0.3 is 10.6 Å². The lowest BCUT2D eigenvalue weighted by atomic mass is 10.4. The van der Waals surface area contributed by atoms with Crippen LogP contribution in [0, 0.1) is 16.0 Å². The van der Waals surface area contributed by atoms with Crippen molar-refractivity contribution >= 4 is 33.3 Å². The standard InChI is InChI=1S/C11H13BrN4O3/c12-9-5-8(16(18)19)6-15-10(9)13-3-4-14-11(17)7-1-2-7/h5-7H,1-4H2,(H,13,15)(H,14,17). The molecular weight excluding hydrogens is 316 g/mol. The van der Waals surface area contributed by atoms with Crippen LogP contribution in [0.1, 0.15) is 12.8 Å². The van der Waals surface area contributed by atoms with Gasteiger partial charge in [0.05, 0.1) is 9.40 Å². The van der Waals surface area contributed by atoms with Crippen LogP contribution in [0.3, 0.4) is 0 Å². The lowest BCUT2D eigenvalue weighted by molar-refractivity contribution is -0.385. The number of aromatic nitrogens is 1. The van der Waals surface area contributed by atoms with Gasteiger partial charge in [-0.3, -0.25) is 14.9 Å². The van der Waals surface area contributed by atoms with Crippen LogP contribution < -0.4 is 10.6 Å². The summed E-state index contributed by atoms with van der Waals surface area (Å²) in [5.74, 6) is 0.813. The predicted molar refractivity (Wildman–Crippen MR) is 72.8 cm³/mol. The van der Waals surface area contributed by atoms with Gasteiger partial charge in [-0.2, -0.15) is 0 Å². The average molecular weight is 329 g/mol. The van der Waals surface area contributed by atoms with Crippen LogP contribution in [0.4, 0.5) is 11.5 Å². The average Bonchev–Trinajstić information content (AvgIpc) is 3.19. The molecule has 0 spiro atoms. The van der Waals surface area contributed by atoms with E-state index < -0.39 is 4.92 Å². The number of halogens is 1. The topological polar surface area (TPSA) is 97.2 Å². The number of carbonyl (C=O) groups is 1. The summed E-state index contributed by atoms with van der Waals surface area (Å²) in [6, 6.07) is 1.39. The first-order valence-corrected chi connectivity index (χ1v) is 6.68. The van der Waals surface area contributed by atoms with Crippen molar-refractivity contribution in [2.24, 2.45) is 5.92 Å². The minimum atomic E-state index is -0.503. The molecule has 1 fully saturated rings. The van der Waals surface area contributed by atoms with E-state index in [0.717, 1.165) is 12.8 Å². The molecule has 1 aliphatic carbocycles. The zero-order valence-electron chi connectivity index (χ0n) is 10.1. The molecule has 0 aromatic carbocycles. The number of anilines is 1. The molecule has 1 aliphatic rings. The first-order chi connectivity index (χ1) is 9.08. The predicted octanol–water partition coefficient (Wildman–Crippen LogP) is 1.69. The Labute approximate surface area is 118 Å². The van der Waals surface area contributed by atoms with E-state index in [-0.39, 0.29) is 17.5 Å². The van der Waals surface area contributed by atoms with E-state index in [4.69, 9.17) is 0 Å². The van der Waals surface area contributed by atoms with Crippen LogP contribution in [-0.2, 0) is 4.79 Å². The van der Waals surface area contributed by atoms with Gasteiger partial charge in [0.25, 0.3) is 5.69 Å². The van der Waals surface area contributed by atoms with Gasteiger partial charge in [0.1, 0.15) is 12.0 Å². The second-order valence-corrected chi connectivity index (χ2v) is 5.13. The van der Waals surface area contributed by atoms with E-state index >= 15 is 0 Å². The number of hydrogen-bond donors (Lipinski definition) is 2. The third kappa shape index (κ3) is 3.88. The molecule has 0 bridgehead atoms. The van der Waals surface area contributed by atoms with Gasteiger partial charge in [-0.1, -0.05) is 0 Å². The number of pyridine rings is 1. The van der Waals surface area contributed by atoms with Gasteiger partial charge in [0.2, 0.25) is 5.91 Å². The summed E-state index contributed by atoms with van der Waals surface area (Å²) in [5, 5.41) is 16.4. The SMILES string of the molecule is O=C(NCCNc1ncc([N+](=O)[O-])cc1Br)C1CC1. The zero-order chi connectivity index (χ0) is 13.8. The van der Waals surface area contributed by atoms with Crippen molar-refractivity contribution in [1.29, 1.82) is 0 Å². The van der Waals surface area contributed by atoms with E-state index in [9.17, 15) is 14.9 Å². The Morgan fingerprint density at radius 1 is 1.53 bits per heavy atom. The molecule has 0 saturated heterocycles. The number of rotatable bonds is 6. The van der Waals surface area contributed by atoms with Gasteiger partial charge in [-0.15, -0.1) is 0 Å². The molecule has 2 rings (SSSR count). The summed E-state index contributed by atoms with van der Waals surface area (Å²) < 4.78 is 0.523. The highest BCUT2D eigenvalue weighted by Gasteiger charge is 2.28. The van der Waals surface area contributed by atoms with Crippen molar-refractivity contribution in [3.05, 3.63) is 26.9 Å². The van der Waals surface area contributed by atoms with Crippen molar-refractivity contribution in [3.63, 3.8) is 0 Å². The lowest BCUT2D eigenvalue weighted by Gasteiger charge is -2.08. The number of carbonyl (C=O) groups excluding carboxylic acids is 1. The fourth-order valence-electron chi connectivity index (χ4n) is 1.51. The van der Waals surface area contributed by atoms with E-state index in [0.29, 0.717) is 23.4 Å². The van der Waals surface area contributed by atoms with Crippen molar-refractivity contribution in [2.75, 3.05) is 18.4 Å². The third-order valence-electron chi connectivity index (χ3n) is 2.70. The van der Waals surface area contributed by atoms with Crippen LogP contribution in [0.25, 0.3) is 0 Å². The summed E-state index contributed by atoms with van der Waals surface area (Å²) in [7, 11) is 0. The summed E-state index contributed by atoms with van der Waals surface area (Å²) >= 11 is 3.21. The van der Waals surface area contributed by atoms with Crippen LogP contribution in [0.15, 0.2) is 16.7 Å². The molecule has 19 heavy (non-hydrogen) atoms. The van der Waals surface area contributed by atoms with Gasteiger partial charge in [0.15, 0.2) is 0 Å². The van der Waals surface area contributed by atoms with Gasteiger partial charge in [0, 0.05) is 25.1 Å². The Morgan fingerprint density at radius 2 is 2.26 bits per heavy atom. The second-order valence-electron chi connectivity index (χ2n) is 4.27. The lowest BCUT2D eigenvalue weighted by Crippen LogP contribution is -2.30.